The molecule has 1 aliphatic carbocycles. The fraction of sp³-hybridized carbons (Fsp3) is 0.833. The lowest BCUT2D eigenvalue weighted by Gasteiger charge is -2.25. The summed E-state index contributed by atoms with van der Waals surface area (Å²) in [6.45, 7) is 10.7. The van der Waals surface area contributed by atoms with E-state index in [9.17, 15) is 9.59 Å². The standard InChI is InChI=1S/C16H28O2.C5H11NO2.C3H6O/c1-13-11-15(12-14-7-5-6-8-14)9-3-2-4-10-16(17)18-13;1-5(2,3)8-4(6)7;1-2-3-4/h13-15H,2-12H2,1H3;1-3H3,(H2,6,7);2,4H,1,3H2. The minimum Gasteiger partial charge on any atom is -0.463 e. The van der Waals surface area contributed by atoms with E-state index in [-0.39, 0.29) is 18.7 Å². The monoisotopic (exact) mass is 427 g/mol. The van der Waals surface area contributed by atoms with Gasteiger partial charge in [-0.3, -0.25) is 4.79 Å². The predicted molar refractivity (Wildman–Crippen MR) is 121 cm³/mol. The molecule has 1 saturated carbocycles. The maximum atomic E-state index is 11.5. The summed E-state index contributed by atoms with van der Waals surface area (Å²) in [6, 6.07) is 0. The average Bonchev–Trinajstić information content (AvgIpc) is 3.12. The van der Waals surface area contributed by atoms with E-state index in [0.717, 1.165) is 24.7 Å². The number of nitrogens with two attached hydrogens (primary N) is 1. The molecule has 2 unspecified atom stereocenters. The maximum Gasteiger partial charge on any atom is 0.405 e. The van der Waals surface area contributed by atoms with Gasteiger partial charge < -0.3 is 20.3 Å². The lowest BCUT2D eigenvalue weighted by molar-refractivity contribution is -0.149. The molecule has 0 aromatic heterocycles. The number of rotatable bonds is 3. The molecule has 30 heavy (non-hydrogen) atoms. The van der Waals surface area contributed by atoms with Gasteiger partial charge in [0.15, 0.2) is 0 Å². The highest BCUT2D eigenvalue weighted by Gasteiger charge is 2.23. The van der Waals surface area contributed by atoms with Crippen LogP contribution in [-0.2, 0) is 14.3 Å². The molecule has 1 saturated heterocycles. The van der Waals surface area contributed by atoms with Gasteiger partial charge in [-0.25, -0.2) is 4.79 Å². The molecule has 1 amide bonds. The van der Waals surface area contributed by atoms with Crippen molar-refractivity contribution < 1.29 is 24.2 Å². The van der Waals surface area contributed by atoms with Crippen LogP contribution < -0.4 is 5.73 Å². The molecule has 0 radical (unpaired) electrons. The van der Waals surface area contributed by atoms with Crippen molar-refractivity contribution >= 4 is 12.1 Å². The smallest absolute Gasteiger partial charge is 0.405 e. The van der Waals surface area contributed by atoms with Crippen LogP contribution in [0.5, 0.6) is 0 Å². The third-order valence-electron chi connectivity index (χ3n) is 5.17. The number of aliphatic hydroxyl groups excluding tert-OH is 1. The highest BCUT2D eigenvalue weighted by Crippen LogP contribution is 2.34. The zero-order chi connectivity index (χ0) is 23.0. The summed E-state index contributed by atoms with van der Waals surface area (Å²) in [4.78, 5) is 21.6. The Morgan fingerprint density at radius 2 is 1.70 bits per heavy atom. The normalized spacial score (nSPS) is 23.0. The molecule has 2 atom stereocenters. The molecule has 2 aliphatic rings. The number of hydrogen-bond donors (Lipinski definition) is 2. The SMILES string of the molecule is C=CCO.CC(C)(C)OC(N)=O.CC1CC(CC2CCCC2)CCCCCC(=O)O1. The lowest BCUT2D eigenvalue weighted by atomic mass is 9.85. The van der Waals surface area contributed by atoms with Crippen LogP contribution in [0.4, 0.5) is 4.79 Å². The van der Waals surface area contributed by atoms with Gasteiger partial charge in [0, 0.05) is 6.42 Å². The van der Waals surface area contributed by atoms with Crippen molar-refractivity contribution in [1.29, 1.82) is 0 Å². The van der Waals surface area contributed by atoms with Crippen LogP contribution in [0.25, 0.3) is 0 Å². The quantitative estimate of drug-likeness (QED) is 0.457. The molecule has 2 fully saturated rings. The lowest BCUT2D eigenvalue weighted by Crippen LogP contribution is -2.27. The van der Waals surface area contributed by atoms with Crippen molar-refractivity contribution in [1.82, 2.24) is 0 Å². The second-order valence-corrected chi connectivity index (χ2v) is 9.39. The van der Waals surface area contributed by atoms with Gasteiger partial charge in [-0.1, -0.05) is 51.0 Å². The molecule has 176 valence electrons. The summed E-state index contributed by atoms with van der Waals surface area (Å²) in [5, 5.41) is 7.76. The van der Waals surface area contributed by atoms with Gasteiger partial charge in [-0.15, -0.1) is 6.58 Å². The zero-order valence-corrected chi connectivity index (χ0v) is 19.7. The molecule has 6 nitrogen and oxygen atoms in total. The Bertz CT molecular complexity index is 480. The number of aliphatic hydroxyl groups is 1. The molecule has 1 heterocycles. The van der Waals surface area contributed by atoms with E-state index in [1.54, 1.807) is 20.8 Å². The van der Waals surface area contributed by atoms with Gasteiger partial charge in [0.25, 0.3) is 0 Å². The van der Waals surface area contributed by atoms with Gasteiger partial charge in [-0.2, -0.15) is 0 Å². The van der Waals surface area contributed by atoms with Crippen molar-refractivity contribution in [3.05, 3.63) is 12.7 Å². The number of ether oxygens (including phenoxy) is 2. The van der Waals surface area contributed by atoms with Gasteiger partial charge >= 0.3 is 12.1 Å². The Labute approximate surface area is 183 Å². The molecular formula is C24H45NO5. The van der Waals surface area contributed by atoms with E-state index >= 15 is 0 Å². The van der Waals surface area contributed by atoms with Gasteiger partial charge in [0.05, 0.1) is 12.7 Å². The number of carbonyl (C=O) groups excluding carboxylic acids is 2. The van der Waals surface area contributed by atoms with Crippen LogP contribution in [0, 0.1) is 11.8 Å². The molecule has 1 aliphatic heterocycles. The molecular weight excluding hydrogens is 382 g/mol. The summed E-state index contributed by atoms with van der Waals surface area (Å²) in [5.74, 6) is 1.76. The van der Waals surface area contributed by atoms with Gasteiger partial charge in [0.1, 0.15) is 5.60 Å². The van der Waals surface area contributed by atoms with E-state index in [1.165, 1.54) is 57.4 Å². The Morgan fingerprint density at radius 1 is 1.17 bits per heavy atom. The molecule has 0 aromatic rings. The van der Waals surface area contributed by atoms with E-state index in [2.05, 4.69) is 18.2 Å². The number of esters is 1. The summed E-state index contributed by atoms with van der Waals surface area (Å²) in [6.07, 6.45) is 14.5. The fourth-order valence-corrected chi connectivity index (χ4v) is 4.03. The second-order valence-electron chi connectivity index (χ2n) is 9.39. The predicted octanol–water partition coefficient (Wildman–Crippen LogP) is 5.51. The largest absolute Gasteiger partial charge is 0.463 e. The summed E-state index contributed by atoms with van der Waals surface area (Å²) in [5.41, 5.74) is 4.26. The first-order chi connectivity index (χ1) is 14.1. The Kier molecular flexibility index (Phi) is 15.3. The van der Waals surface area contributed by atoms with Crippen molar-refractivity contribution in [3.8, 4) is 0 Å². The fourth-order valence-electron chi connectivity index (χ4n) is 4.03. The maximum absolute atomic E-state index is 11.5. The van der Waals surface area contributed by atoms with Crippen molar-refractivity contribution in [2.45, 2.75) is 110 Å². The van der Waals surface area contributed by atoms with Gasteiger partial charge in [0.2, 0.25) is 0 Å². The molecule has 3 N–H and O–H groups in total. The van der Waals surface area contributed by atoms with E-state index in [1.807, 2.05) is 0 Å². The van der Waals surface area contributed by atoms with Crippen LogP contribution in [0.2, 0.25) is 0 Å². The number of primary amides is 1. The summed E-state index contributed by atoms with van der Waals surface area (Å²) in [7, 11) is 0. The number of hydrogen-bond acceptors (Lipinski definition) is 5. The Hall–Kier alpha value is -1.56. The summed E-state index contributed by atoms with van der Waals surface area (Å²) < 4.78 is 10.1. The highest BCUT2D eigenvalue weighted by molar-refractivity contribution is 5.69. The zero-order valence-electron chi connectivity index (χ0n) is 19.7. The molecule has 0 spiro atoms. The third kappa shape index (κ3) is 17.3. The van der Waals surface area contributed by atoms with E-state index < -0.39 is 11.7 Å². The topological polar surface area (TPSA) is 98.9 Å². The Balaban J connectivity index is 0.000000585. The van der Waals surface area contributed by atoms with E-state index in [0.29, 0.717) is 6.42 Å². The molecule has 0 aromatic carbocycles. The highest BCUT2D eigenvalue weighted by atomic mass is 16.6. The first-order valence-corrected chi connectivity index (χ1v) is 11.5. The van der Waals surface area contributed by atoms with Crippen LogP contribution in [-0.4, -0.2) is 35.5 Å². The molecule has 2 rings (SSSR count). The molecule has 0 bridgehead atoms. The average molecular weight is 428 g/mol. The van der Waals surface area contributed by atoms with Crippen molar-refractivity contribution in [3.63, 3.8) is 0 Å². The minimum atomic E-state index is -0.725. The number of cyclic esters (lactones) is 1. The van der Waals surface area contributed by atoms with Crippen LogP contribution in [0.1, 0.15) is 98.3 Å². The van der Waals surface area contributed by atoms with Gasteiger partial charge in [-0.05, 0) is 58.8 Å². The number of carbonyl (C=O) groups is 2. The summed E-state index contributed by atoms with van der Waals surface area (Å²) >= 11 is 0. The first-order valence-electron chi connectivity index (χ1n) is 11.5. The minimum absolute atomic E-state index is 0.0176. The molecule has 6 heteroatoms. The van der Waals surface area contributed by atoms with Crippen molar-refractivity contribution in [2.24, 2.45) is 17.6 Å². The van der Waals surface area contributed by atoms with Crippen LogP contribution in [0.3, 0.4) is 0 Å². The third-order valence-corrected chi connectivity index (χ3v) is 5.17. The van der Waals surface area contributed by atoms with Crippen LogP contribution >= 0.6 is 0 Å². The number of amides is 1. The Morgan fingerprint density at radius 3 is 2.17 bits per heavy atom. The second kappa shape index (κ2) is 16.2. The first kappa shape index (κ1) is 28.4. The van der Waals surface area contributed by atoms with Crippen molar-refractivity contribution in [2.75, 3.05) is 6.61 Å². The van der Waals surface area contributed by atoms with Crippen LogP contribution in [0.15, 0.2) is 12.7 Å². The van der Waals surface area contributed by atoms with E-state index in [4.69, 9.17) is 15.6 Å².